The zero-order valence-corrected chi connectivity index (χ0v) is 19.7. The van der Waals surface area contributed by atoms with Crippen LogP contribution in [0.1, 0.15) is 36.9 Å². The van der Waals surface area contributed by atoms with Crippen molar-refractivity contribution < 1.29 is 28.9 Å². The molecular formula is C27H31NO6. The minimum atomic E-state index is -0.756. The van der Waals surface area contributed by atoms with E-state index in [1.54, 1.807) is 54.6 Å². The van der Waals surface area contributed by atoms with Crippen LogP contribution in [0.2, 0.25) is 0 Å². The van der Waals surface area contributed by atoms with Gasteiger partial charge in [-0.25, -0.2) is 0 Å². The number of aliphatic hydroxyl groups excluding tert-OH is 1. The first-order chi connectivity index (χ1) is 16.5. The van der Waals surface area contributed by atoms with Crippen molar-refractivity contribution in [3.63, 3.8) is 0 Å². The Labute approximate surface area is 200 Å². The molecule has 2 aromatic carbocycles. The number of Topliss-reactive ketones (excluding diaryl/α,β-unsaturated/α-hetero) is 1. The van der Waals surface area contributed by atoms with Gasteiger partial charge < -0.3 is 24.2 Å². The minimum Gasteiger partial charge on any atom is -0.507 e. The van der Waals surface area contributed by atoms with Crippen LogP contribution in [-0.4, -0.2) is 55.2 Å². The molecule has 180 valence electrons. The maximum Gasteiger partial charge on any atom is 0.295 e. The summed E-state index contributed by atoms with van der Waals surface area (Å²) in [4.78, 5) is 27.4. The van der Waals surface area contributed by atoms with E-state index in [0.717, 1.165) is 12.8 Å². The van der Waals surface area contributed by atoms with Crippen LogP contribution >= 0.6 is 0 Å². The third kappa shape index (κ3) is 5.66. The van der Waals surface area contributed by atoms with Crippen molar-refractivity contribution in [2.24, 2.45) is 0 Å². The molecule has 0 aromatic heterocycles. The summed E-state index contributed by atoms with van der Waals surface area (Å²) in [5.74, 6) is -0.425. The van der Waals surface area contributed by atoms with Gasteiger partial charge in [0, 0.05) is 19.2 Å². The number of carbonyl (C=O) groups is 2. The first kappa shape index (κ1) is 25.1. The van der Waals surface area contributed by atoms with Gasteiger partial charge in [-0.3, -0.25) is 9.59 Å². The summed E-state index contributed by atoms with van der Waals surface area (Å²) >= 11 is 0. The SMILES string of the molecule is C=CCOc1ccc(C2/C(=C(\O)c3cccc(OCCCC)c3)C(=O)C(=O)N2CCOC)cc1. The number of hydrogen-bond donors (Lipinski definition) is 1. The summed E-state index contributed by atoms with van der Waals surface area (Å²) in [6, 6.07) is 13.2. The lowest BCUT2D eigenvalue weighted by molar-refractivity contribution is -0.140. The fourth-order valence-corrected chi connectivity index (χ4v) is 3.77. The van der Waals surface area contributed by atoms with E-state index in [9.17, 15) is 14.7 Å². The maximum absolute atomic E-state index is 13.1. The summed E-state index contributed by atoms with van der Waals surface area (Å²) in [6.45, 7) is 7.09. The molecule has 7 heteroatoms. The highest BCUT2D eigenvalue weighted by molar-refractivity contribution is 6.46. The molecule has 1 fully saturated rings. The van der Waals surface area contributed by atoms with Gasteiger partial charge in [0.05, 0.1) is 24.8 Å². The number of hydrogen-bond acceptors (Lipinski definition) is 6. The predicted molar refractivity (Wildman–Crippen MR) is 130 cm³/mol. The number of rotatable bonds is 12. The number of ketones is 1. The van der Waals surface area contributed by atoms with E-state index in [1.165, 1.54) is 12.0 Å². The topological polar surface area (TPSA) is 85.3 Å². The van der Waals surface area contributed by atoms with E-state index in [2.05, 4.69) is 13.5 Å². The zero-order valence-electron chi connectivity index (χ0n) is 19.7. The zero-order chi connectivity index (χ0) is 24.5. The average molecular weight is 466 g/mol. The third-order valence-electron chi connectivity index (χ3n) is 5.51. The largest absolute Gasteiger partial charge is 0.507 e. The fraction of sp³-hybridized carbons (Fsp3) is 0.333. The van der Waals surface area contributed by atoms with Crippen LogP contribution < -0.4 is 9.47 Å². The fourth-order valence-electron chi connectivity index (χ4n) is 3.77. The molecule has 34 heavy (non-hydrogen) atoms. The van der Waals surface area contributed by atoms with Crippen LogP contribution in [0, 0.1) is 0 Å². The highest BCUT2D eigenvalue weighted by atomic mass is 16.5. The van der Waals surface area contributed by atoms with Gasteiger partial charge in [0.1, 0.15) is 23.9 Å². The van der Waals surface area contributed by atoms with Gasteiger partial charge in [0.2, 0.25) is 0 Å². The Morgan fingerprint density at radius 1 is 1.09 bits per heavy atom. The van der Waals surface area contributed by atoms with Crippen molar-refractivity contribution in [1.82, 2.24) is 4.90 Å². The van der Waals surface area contributed by atoms with Gasteiger partial charge >= 0.3 is 0 Å². The summed E-state index contributed by atoms with van der Waals surface area (Å²) in [5, 5.41) is 11.2. The number of likely N-dealkylation sites (tertiary alicyclic amines) is 1. The van der Waals surface area contributed by atoms with Gasteiger partial charge in [-0.1, -0.05) is 50.3 Å². The molecule has 2 aromatic rings. The van der Waals surface area contributed by atoms with Crippen LogP contribution in [0.3, 0.4) is 0 Å². The van der Waals surface area contributed by atoms with Crippen LogP contribution in [-0.2, 0) is 14.3 Å². The molecule has 0 aliphatic carbocycles. The van der Waals surface area contributed by atoms with Crippen LogP contribution in [0.15, 0.2) is 66.8 Å². The summed E-state index contributed by atoms with van der Waals surface area (Å²) in [6.07, 6.45) is 3.56. The van der Waals surface area contributed by atoms with E-state index in [1.807, 2.05) is 0 Å². The molecule has 1 aliphatic rings. The van der Waals surface area contributed by atoms with Gasteiger partial charge in [-0.2, -0.15) is 0 Å². The van der Waals surface area contributed by atoms with Crippen molar-refractivity contribution in [1.29, 1.82) is 0 Å². The molecule has 1 saturated heterocycles. The second-order valence-corrected chi connectivity index (χ2v) is 7.88. The standard InChI is InChI=1S/C27H31NO6/c1-4-6-16-34-22-9-7-8-20(18-22)25(29)23-24(28(14-17-32-3)27(31)26(23)30)19-10-12-21(13-11-19)33-15-5-2/h5,7-13,18,24,29H,2,4,6,14-17H2,1,3H3/b25-23+. The monoisotopic (exact) mass is 465 g/mol. The third-order valence-corrected chi connectivity index (χ3v) is 5.51. The molecule has 1 unspecified atom stereocenters. The van der Waals surface area contributed by atoms with Crippen LogP contribution in [0.4, 0.5) is 0 Å². The van der Waals surface area contributed by atoms with E-state index in [-0.39, 0.29) is 24.5 Å². The van der Waals surface area contributed by atoms with Crippen molar-refractivity contribution in [2.75, 3.05) is 33.5 Å². The molecule has 0 bridgehead atoms. The maximum atomic E-state index is 13.1. The van der Waals surface area contributed by atoms with Gasteiger partial charge in [0.25, 0.3) is 11.7 Å². The highest BCUT2D eigenvalue weighted by Gasteiger charge is 2.45. The molecule has 1 N–H and O–H groups in total. The predicted octanol–water partition coefficient (Wildman–Crippen LogP) is 4.50. The van der Waals surface area contributed by atoms with E-state index >= 15 is 0 Å². The van der Waals surface area contributed by atoms with Gasteiger partial charge in [-0.05, 0) is 36.2 Å². The second-order valence-electron chi connectivity index (χ2n) is 7.88. The number of carbonyl (C=O) groups excluding carboxylic acids is 2. The minimum absolute atomic E-state index is 0.0339. The molecule has 0 radical (unpaired) electrons. The smallest absolute Gasteiger partial charge is 0.295 e. The molecular weight excluding hydrogens is 434 g/mol. The lowest BCUT2D eigenvalue weighted by Gasteiger charge is -2.25. The molecule has 1 amide bonds. The van der Waals surface area contributed by atoms with E-state index in [4.69, 9.17) is 14.2 Å². The lowest BCUT2D eigenvalue weighted by atomic mass is 9.95. The Balaban J connectivity index is 2.02. The van der Waals surface area contributed by atoms with Crippen molar-refractivity contribution in [3.8, 4) is 11.5 Å². The summed E-state index contributed by atoms with van der Waals surface area (Å²) in [7, 11) is 1.53. The molecule has 3 rings (SSSR count). The van der Waals surface area contributed by atoms with Gasteiger partial charge in [0.15, 0.2) is 0 Å². The first-order valence-electron chi connectivity index (χ1n) is 11.4. The normalized spacial score (nSPS) is 17.1. The Morgan fingerprint density at radius 2 is 1.85 bits per heavy atom. The number of ether oxygens (including phenoxy) is 3. The number of methoxy groups -OCH3 is 1. The van der Waals surface area contributed by atoms with Crippen LogP contribution in [0.25, 0.3) is 5.76 Å². The number of amides is 1. The molecule has 1 atom stereocenters. The second kappa shape index (κ2) is 12.0. The number of benzene rings is 2. The summed E-state index contributed by atoms with van der Waals surface area (Å²) < 4.78 is 16.4. The van der Waals surface area contributed by atoms with E-state index < -0.39 is 17.7 Å². The highest BCUT2D eigenvalue weighted by Crippen LogP contribution is 2.40. The average Bonchev–Trinajstić information content (AvgIpc) is 3.11. The Kier molecular flexibility index (Phi) is 8.87. The Bertz CT molecular complexity index is 1040. The molecule has 0 spiro atoms. The number of aliphatic hydroxyl groups is 1. The lowest BCUT2D eigenvalue weighted by Crippen LogP contribution is -2.32. The quantitative estimate of drug-likeness (QED) is 0.163. The van der Waals surface area contributed by atoms with Gasteiger partial charge in [-0.15, -0.1) is 0 Å². The van der Waals surface area contributed by atoms with Crippen molar-refractivity contribution >= 4 is 17.4 Å². The number of unbranched alkanes of at least 4 members (excludes halogenated alkanes) is 1. The summed E-state index contributed by atoms with van der Waals surface area (Å²) in [5.41, 5.74) is 1.12. The Morgan fingerprint density at radius 3 is 2.53 bits per heavy atom. The Hall–Kier alpha value is -3.58. The van der Waals surface area contributed by atoms with Crippen molar-refractivity contribution in [3.05, 3.63) is 77.9 Å². The van der Waals surface area contributed by atoms with Crippen molar-refractivity contribution in [2.45, 2.75) is 25.8 Å². The first-order valence-corrected chi connectivity index (χ1v) is 11.4. The molecule has 0 saturated carbocycles. The molecule has 7 nitrogen and oxygen atoms in total. The van der Waals surface area contributed by atoms with Crippen LogP contribution in [0.5, 0.6) is 11.5 Å². The molecule has 1 aliphatic heterocycles. The van der Waals surface area contributed by atoms with E-state index in [0.29, 0.717) is 35.8 Å². The molecule has 1 heterocycles. The number of nitrogens with zero attached hydrogens (tertiary/aromatic N) is 1.